The van der Waals surface area contributed by atoms with Crippen molar-refractivity contribution in [2.24, 2.45) is 0 Å². The Morgan fingerprint density at radius 3 is 2.39 bits per heavy atom. The van der Waals surface area contributed by atoms with Gasteiger partial charge < -0.3 is 14.8 Å². The highest BCUT2D eigenvalue weighted by Gasteiger charge is 2.40. The SMILES string of the molecule is CCOc1ccc(C2=C(Nc3cc(C)ccc3OC)C(=O)N(c3cccc(Cl)c3)C2=O)cc1. The van der Waals surface area contributed by atoms with E-state index in [1.54, 1.807) is 55.6 Å². The summed E-state index contributed by atoms with van der Waals surface area (Å²) in [5, 5.41) is 3.59. The van der Waals surface area contributed by atoms with E-state index in [0.29, 0.717) is 40.1 Å². The van der Waals surface area contributed by atoms with Crippen molar-refractivity contribution in [1.82, 2.24) is 0 Å². The number of hydrogen-bond donors (Lipinski definition) is 1. The van der Waals surface area contributed by atoms with Gasteiger partial charge in [0.15, 0.2) is 0 Å². The summed E-state index contributed by atoms with van der Waals surface area (Å²) in [5.41, 5.74) is 2.97. The molecule has 1 aliphatic heterocycles. The second-order valence-electron chi connectivity index (χ2n) is 7.46. The minimum absolute atomic E-state index is 0.160. The van der Waals surface area contributed by atoms with Crippen LogP contribution < -0.4 is 19.7 Å². The fourth-order valence-electron chi connectivity index (χ4n) is 3.70. The lowest BCUT2D eigenvalue weighted by atomic mass is 10.0. The topological polar surface area (TPSA) is 67.9 Å². The maximum atomic E-state index is 13.6. The minimum atomic E-state index is -0.477. The van der Waals surface area contributed by atoms with Crippen LogP contribution in [-0.4, -0.2) is 25.5 Å². The standard InChI is InChI=1S/C26H23ClN2O4/c1-4-33-20-11-9-17(10-12-20)23-24(28-21-14-16(2)8-13-22(21)32-3)26(31)29(25(23)30)19-7-5-6-18(27)15-19/h5-15,28H,4H2,1-3H3. The Balaban J connectivity index is 1.83. The predicted octanol–water partition coefficient (Wildman–Crippen LogP) is 5.45. The number of imide groups is 1. The lowest BCUT2D eigenvalue weighted by molar-refractivity contribution is -0.120. The number of halogens is 1. The van der Waals surface area contributed by atoms with Crippen LogP contribution in [-0.2, 0) is 9.59 Å². The van der Waals surface area contributed by atoms with E-state index >= 15 is 0 Å². The number of methoxy groups -OCH3 is 1. The Kier molecular flexibility index (Phi) is 6.38. The largest absolute Gasteiger partial charge is 0.495 e. The number of carbonyl (C=O) groups excluding carboxylic acids is 2. The summed E-state index contributed by atoms with van der Waals surface area (Å²) < 4.78 is 11.0. The van der Waals surface area contributed by atoms with Crippen molar-refractivity contribution in [3.63, 3.8) is 0 Å². The molecule has 0 spiro atoms. The number of nitrogens with zero attached hydrogens (tertiary/aromatic N) is 1. The molecule has 0 aromatic heterocycles. The molecular weight excluding hydrogens is 440 g/mol. The van der Waals surface area contributed by atoms with Crippen molar-refractivity contribution in [3.8, 4) is 11.5 Å². The number of carbonyl (C=O) groups is 2. The van der Waals surface area contributed by atoms with E-state index in [0.717, 1.165) is 10.5 Å². The van der Waals surface area contributed by atoms with Gasteiger partial charge >= 0.3 is 0 Å². The van der Waals surface area contributed by atoms with Crippen LogP contribution in [0.2, 0.25) is 5.02 Å². The van der Waals surface area contributed by atoms with E-state index in [4.69, 9.17) is 21.1 Å². The smallest absolute Gasteiger partial charge is 0.282 e. The maximum absolute atomic E-state index is 13.6. The van der Waals surface area contributed by atoms with E-state index in [1.807, 2.05) is 32.0 Å². The molecule has 1 heterocycles. The molecule has 3 aromatic rings. The molecule has 0 atom stereocenters. The van der Waals surface area contributed by atoms with Crippen LogP contribution in [0.4, 0.5) is 11.4 Å². The van der Waals surface area contributed by atoms with Gasteiger partial charge in [-0.3, -0.25) is 9.59 Å². The highest BCUT2D eigenvalue weighted by molar-refractivity contribution is 6.46. The first-order valence-electron chi connectivity index (χ1n) is 10.5. The van der Waals surface area contributed by atoms with Crippen molar-refractivity contribution < 1.29 is 19.1 Å². The Bertz CT molecular complexity index is 1250. The zero-order valence-electron chi connectivity index (χ0n) is 18.5. The van der Waals surface area contributed by atoms with Crippen LogP contribution >= 0.6 is 11.6 Å². The lowest BCUT2D eigenvalue weighted by Gasteiger charge is -2.16. The number of rotatable bonds is 7. The van der Waals surface area contributed by atoms with Crippen molar-refractivity contribution >= 4 is 40.4 Å². The highest BCUT2D eigenvalue weighted by atomic mass is 35.5. The molecule has 2 amide bonds. The molecular formula is C26H23ClN2O4. The number of ether oxygens (including phenoxy) is 2. The highest BCUT2D eigenvalue weighted by Crippen LogP contribution is 2.37. The molecule has 4 rings (SSSR count). The predicted molar refractivity (Wildman–Crippen MR) is 130 cm³/mol. The number of aryl methyl sites for hydroxylation is 1. The normalized spacial score (nSPS) is 13.5. The molecule has 7 heteroatoms. The Hall–Kier alpha value is -3.77. The summed E-state index contributed by atoms with van der Waals surface area (Å²) in [6, 6.07) is 19.3. The summed E-state index contributed by atoms with van der Waals surface area (Å²) in [5.74, 6) is 0.316. The molecule has 0 aliphatic carbocycles. The minimum Gasteiger partial charge on any atom is -0.495 e. The van der Waals surface area contributed by atoms with Gasteiger partial charge in [0, 0.05) is 5.02 Å². The number of nitrogens with one attached hydrogen (secondary N) is 1. The summed E-state index contributed by atoms with van der Waals surface area (Å²) in [7, 11) is 1.55. The van der Waals surface area contributed by atoms with Crippen LogP contribution in [0.25, 0.3) is 5.57 Å². The van der Waals surface area contributed by atoms with Crippen LogP contribution in [0.5, 0.6) is 11.5 Å². The van der Waals surface area contributed by atoms with Crippen molar-refractivity contribution in [3.05, 3.63) is 88.6 Å². The molecule has 1 N–H and O–H groups in total. The Labute approximate surface area is 197 Å². The van der Waals surface area contributed by atoms with Crippen LogP contribution in [0.1, 0.15) is 18.1 Å². The third-order valence-electron chi connectivity index (χ3n) is 5.22. The molecule has 1 aliphatic rings. The summed E-state index contributed by atoms with van der Waals surface area (Å²) >= 11 is 6.13. The van der Waals surface area contributed by atoms with Crippen molar-refractivity contribution in [2.75, 3.05) is 23.9 Å². The third kappa shape index (κ3) is 4.43. The molecule has 6 nitrogen and oxygen atoms in total. The number of anilines is 2. The van der Waals surface area contributed by atoms with Gasteiger partial charge in [-0.1, -0.05) is 35.9 Å². The summed E-state index contributed by atoms with van der Waals surface area (Å²) in [6.07, 6.45) is 0. The first kappa shape index (κ1) is 22.4. The number of benzene rings is 3. The first-order valence-corrected chi connectivity index (χ1v) is 10.8. The molecule has 0 saturated carbocycles. The molecule has 0 unspecified atom stereocenters. The third-order valence-corrected chi connectivity index (χ3v) is 5.45. The van der Waals surface area contributed by atoms with Gasteiger partial charge in [-0.15, -0.1) is 0 Å². The van der Waals surface area contributed by atoms with E-state index in [-0.39, 0.29) is 11.3 Å². The lowest BCUT2D eigenvalue weighted by Crippen LogP contribution is -2.32. The van der Waals surface area contributed by atoms with Gasteiger partial charge in [0.1, 0.15) is 17.2 Å². The Morgan fingerprint density at radius 1 is 0.970 bits per heavy atom. The Morgan fingerprint density at radius 2 is 1.73 bits per heavy atom. The average Bonchev–Trinajstić information content (AvgIpc) is 3.04. The van der Waals surface area contributed by atoms with Gasteiger partial charge in [0.05, 0.1) is 30.7 Å². The van der Waals surface area contributed by atoms with Gasteiger partial charge in [0.25, 0.3) is 11.8 Å². The second kappa shape index (κ2) is 9.38. The quantitative estimate of drug-likeness (QED) is 0.473. The molecule has 0 radical (unpaired) electrons. The second-order valence-corrected chi connectivity index (χ2v) is 7.90. The molecule has 33 heavy (non-hydrogen) atoms. The molecule has 0 saturated heterocycles. The van der Waals surface area contributed by atoms with E-state index in [2.05, 4.69) is 5.32 Å². The molecule has 3 aromatic carbocycles. The molecule has 0 bridgehead atoms. The van der Waals surface area contributed by atoms with E-state index in [1.165, 1.54) is 0 Å². The van der Waals surface area contributed by atoms with Gasteiger partial charge in [-0.25, -0.2) is 4.90 Å². The fraction of sp³-hybridized carbons (Fsp3) is 0.154. The average molecular weight is 463 g/mol. The van der Waals surface area contributed by atoms with Gasteiger partial charge in [-0.2, -0.15) is 0 Å². The van der Waals surface area contributed by atoms with Crippen LogP contribution in [0.15, 0.2) is 72.4 Å². The van der Waals surface area contributed by atoms with Crippen molar-refractivity contribution in [2.45, 2.75) is 13.8 Å². The monoisotopic (exact) mass is 462 g/mol. The van der Waals surface area contributed by atoms with E-state index in [9.17, 15) is 9.59 Å². The van der Waals surface area contributed by atoms with E-state index < -0.39 is 11.8 Å². The fourth-order valence-corrected chi connectivity index (χ4v) is 3.89. The number of hydrogen-bond acceptors (Lipinski definition) is 5. The van der Waals surface area contributed by atoms with Gasteiger partial charge in [-0.05, 0) is 67.4 Å². The zero-order valence-corrected chi connectivity index (χ0v) is 19.3. The summed E-state index contributed by atoms with van der Waals surface area (Å²) in [6.45, 7) is 4.37. The molecule has 168 valence electrons. The first-order chi connectivity index (χ1) is 15.9. The van der Waals surface area contributed by atoms with Gasteiger partial charge in [0.2, 0.25) is 0 Å². The zero-order chi connectivity index (χ0) is 23.5. The molecule has 0 fully saturated rings. The summed E-state index contributed by atoms with van der Waals surface area (Å²) in [4.78, 5) is 28.2. The number of amides is 2. The van der Waals surface area contributed by atoms with Crippen molar-refractivity contribution in [1.29, 1.82) is 0 Å². The maximum Gasteiger partial charge on any atom is 0.282 e. The van der Waals surface area contributed by atoms with Crippen LogP contribution in [0, 0.1) is 6.92 Å². The van der Waals surface area contributed by atoms with Crippen LogP contribution in [0.3, 0.4) is 0 Å².